The number of allylic oxidation sites excluding steroid dienone is 4. The number of hydrogen-bond donors (Lipinski definition) is 0. The summed E-state index contributed by atoms with van der Waals surface area (Å²) in [5.74, 6) is 0.870. The average molecular weight is 206 g/mol. The molecule has 0 aromatic rings. The molecule has 0 heterocycles. The predicted molar refractivity (Wildman–Crippen MR) is 64.7 cm³/mol. The van der Waals surface area contributed by atoms with Crippen LogP contribution in [-0.2, 0) is 4.79 Å². The molecule has 0 aromatic carbocycles. The summed E-state index contributed by atoms with van der Waals surface area (Å²) in [6.45, 7) is 10.8. The molecule has 0 radical (unpaired) electrons. The summed E-state index contributed by atoms with van der Waals surface area (Å²) in [5, 5.41) is 0. The van der Waals surface area contributed by atoms with Crippen LogP contribution in [0.15, 0.2) is 23.3 Å². The van der Waals surface area contributed by atoms with Crippen LogP contribution in [0.25, 0.3) is 0 Å². The van der Waals surface area contributed by atoms with E-state index in [1.165, 1.54) is 5.57 Å². The van der Waals surface area contributed by atoms with Crippen molar-refractivity contribution in [3.8, 4) is 0 Å². The molecule has 0 saturated carbocycles. The average Bonchev–Trinajstić information content (AvgIpc) is 2.15. The summed E-state index contributed by atoms with van der Waals surface area (Å²) in [5.41, 5.74) is 2.49. The molecule has 0 aromatic heterocycles. The molecule has 1 atom stereocenters. The largest absolute Gasteiger partial charge is 0.290 e. The third-order valence-electron chi connectivity index (χ3n) is 4.09. The first-order valence-electron chi connectivity index (χ1n) is 5.78. The minimum Gasteiger partial charge on any atom is -0.290 e. The van der Waals surface area contributed by atoms with Gasteiger partial charge in [0.1, 0.15) is 0 Å². The number of rotatable bonds is 2. The molecule has 84 valence electrons. The molecule has 1 aliphatic carbocycles. The van der Waals surface area contributed by atoms with E-state index in [1.807, 2.05) is 13.0 Å². The van der Waals surface area contributed by atoms with E-state index in [0.717, 1.165) is 18.4 Å². The molecule has 0 amide bonds. The molecule has 0 aliphatic heterocycles. The summed E-state index contributed by atoms with van der Waals surface area (Å²) < 4.78 is 0. The first-order chi connectivity index (χ1) is 6.91. The Labute approximate surface area is 93.3 Å². The van der Waals surface area contributed by atoms with E-state index in [1.54, 1.807) is 6.08 Å². The van der Waals surface area contributed by atoms with Crippen LogP contribution in [0.4, 0.5) is 0 Å². The van der Waals surface area contributed by atoms with Crippen molar-refractivity contribution in [1.29, 1.82) is 0 Å². The van der Waals surface area contributed by atoms with Crippen LogP contribution in [0, 0.1) is 11.3 Å². The minimum absolute atomic E-state index is 0.171. The molecule has 0 fully saturated rings. The molecular weight excluding hydrogens is 184 g/mol. The lowest BCUT2D eigenvalue weighted by Gasteiger charge is -2.38. The molecule has 1 nitrogen and oxygen atoms in total. The normalized spacial score (nSPS) is 26.1. The van der Waals surface area contributed by atoms with Crippen molar-refractivity contribution in [1.82, 2.24) is 0 Å². The van der Waals surface area contributed by atoms with Gasteiger partial charge in [-0.1, -0.05) is 32.4 Å². The smallest absolute Gasteiger partial charge is 0.181 e. The van der Waals surface area contributed by atoms with Crippen LogP contribution in [0.5, 0.6) is 0 Å². The van der Waals surface area contributed by atoms with Crippen LogP contribution in [0.3, 0.4) is 0 Å². The Balaban J connectivity index is 3.09. The Morgan fingerprint density at radius 1 is 1.47 bits per heavy atom. The third-order valence-corrected chi connectivity index (χ3v) is 4.09. The van der Waals surface area contributed by atoms with E-state index < -0.39 is 0 Å². The SMILES string of the molecule is CC=CC(=O)C1=C(C)C(C)(C)C(C)CC1. The van der Waals surface area contributed by atoms with Crippen molar-refractivity contribution in [2.24, 2.45) is 11.3 Å². The quantitative estimate of drug-likeness (QED) is 0.626. The topological polar surface area (TPSA) is 17.1 Å². The lowest BCUT2D eigenvalue weighted by molar-refractivity contribution is -0.111. The molecule has 0 saturated heterocycles. The van der Waals surface area contributed by atoms with Crippen LogP contribution in [-0.4, -0.2) is 5.78 Å². The van der Waals surface area contributed by atoms with Gasteiger partial charge in [-0.3, -0.25) is 4.79 Å². The first kappa shape index (κ1) is 12.2. The molecule has 0 spiro atoms. The van der Waals surface area contributed by atoms with Crippen LogP contribution >= 0.6 is 0 Å². The standard InChI is InChI=1S/C14H22O/c1-6-7-13(15)12-9-8-10(2)14(4,5)11(12)3/h6-7,10H,8-9H2,1-5H3. The predicted octanol–water partition coefficient (Wildman–Crippen LogP) is 3.90. The maximum atomic E-state index is 11.9. The molecule has 1 rings (SSSR count). The van der Waals surface area contributed by atoms with Crippen molar-refractivity contribution in [3.05, 3.63) is 23.3 Å². The molecule has 1 unspecified atom stereocenters. The second-order valence-electron chi connectivity index (χ2n) is 5.13. The monoisotopic (exact) mass is 206 g/mol. The van der Waals surface area contributed by atoms with Gasteiger partial charge in [-0.25, -0.2) is 0 Å². The highest BCUT2D eigenvalue weighted by Crippen LogP contribution is 2.44. The van der Waals surface area contributed by atoms with E-state index in [9.17, 15) is 4.79 Å². The van der Waals surface area contributed by atoms with Crippen LogP contribution in [0.2, 0.25) is 0 Å². The lowest BCUT2D eigenvalue weighted by atomic mass is 9.66. The molecule has 1 aliphatic rings. The highest BCUT2D eigenvalue weighted by atomic mass is 16.1. The molecular formula is C14H22O. The van der Waals surface area contributed by atoms with Crippen molar-refractivity contribution in [3.63, 3.8) is 0 Å². The second kappa shape index (κ2) is 4.34. The van der Waals surface area contributed by atoms with Crippen molar-refractivity contribution >= 4 is 5.78 Å². The maximum Gasteiger partial charge on any atom is 0.181 e. The number of ketones is 1. The van der Waals surface area contributed by atoms with Gasteiger partial charge in [0.2, 0.25) is 0 Å². The maximum absolute atomic E-state index is 11.9. The van der Waals surface area contributed by atoms with Gasteiger partial charge < -0.3 is 0 Å². The van der Waals surface area contributed by atoms with Crippen LogP contribution < -0.4 is 0 Å². The zero-order valence-electron chi connectivity index (χ0n) is 10.6. The Hall–Kier alpha value is -0.850. The molecule has 15 heavy (non-hydrogen) atoms. The van der Waals surface area contributed by atoms with Gasteiger partial charge in [-0.2, -0.15) is 0 Å². The van der Waals surface area contributed by atoms with E-state index in [4.69, 9.17) is 0 Å². The van der Waals surface area contributed by atoms with E-state index in [2.05, 4.69) is 27.7 Å². The highest BCUT2D eigenvalue weighted by Gasteiger charge is 2.34. The summed E-state index contributed by atoms with van der Waals surface area (Å²) in [4.78, 5) is 11.9. The molecule has 1 heteroatoms. The fourth-order valence-electron chi connectivity index (χ4n) is 2.23. The number of carbonyl (C=O) groups excluding carboxylic acids is 1. The Morgan fingerprint density at radius 2 is 2.07 bits per heavy atom. The summed E-state index contributed by atoms with van der Waals surface area (Å²) in [6, 6.07) is 0. The summed E-state index contributed by atoms with van der Waals surface area (Å²) >= 11 is 0. The van der Waals surface area contributed by atoms with Crippen molar-refractivity contribution in [2.45, 2.75) is 47.5 Å². The summed E-state index contributed by atoms with van der Waals surface area (Å²) in [7, 11) is 0. The minimum atomic E-state index is 0.171. The van der Waals surface area contributed by atoms with E-state index in [0.29, 0.717) is 5.92 Å². The summed E-state index contributed by atoms with van der Waals surface area (Å²) in [6.07, 6.45) is 5.58. The second-order valence-corrected chi connectivity index (χ2v) is 5.13. The lowest BCUT2D eigenvalue weighted by Crippen LogP contribution is -2.29. The van der Waals surface area contributed by atoms with Gasteiger partial charge in [-0.05, 0) is 49.7 Å². The molecule has 0 N–H and O–H groups in total. The van der Waals surface area contributed by atoms with Crippen LogP contribution in [0.1, 0.15) is 47.5 Å². The fraction of sp³-hybridized carbons (Fsp3) is 0.643. The Morgan fingerprint density at radius 3 is 2.60 bits per heavy atom. The van der Waals surface area contributed by atoms with Gasteiger partial charge >= 0.3 is 0 Å². The first-order valence-corrected chi connectivity index (χ1v) is 5.78. The van der Waals surface area contributed by atoms with E-state index >= 15 is 0 Å². The third kappa shape index (κ3) is 2.22. The number of carbonyl (C=O) groups is 1. The van der Waals surface area contributed by atoms with Crippen molar-refractivity contribution < 1.29 is 4.79 Å². The molecule has 0 bridgehead atoms. The Bertz CT molecular complexity index is 318. The fourth-order valence-corrected chi connectivity index (χ4v) is 2.23. The van der Waals surface area contributed by atoms with Gasteiger partial charge in [0.15, 0.2) is 5.78 Å². The van der Waals surface area contributed by atoms with Gasteiger partial charge in [0.25, 0.3) is 0 Å². The van der Waals surface area contributed by atoms with Crippen molar-refractivity contribution in [2.75, 3.05) is 0 Å². The van der Waals surface area contributed by atoms with Gasteiger partial charge in [0, 0.05) is 0 Å². The zero-order valence-corrected chi connectivity index (χ0v) is 10.6. The van der Waals surface area contributed by atoms with Gasteiger partial charge in [0.05, 0.1) is 0 Å². The van der Waals surface area contributed by atoms with E-state index in [-0.39, 0.29) is 11.2 Å². The highest BCUT2D eigenvalue weighted by molar-refractivity contribution is 6.04. The van der Waals surface area contributed by atoms with Gasteiger partial charge in [-0.15, -0.1) is 0 Å². The number of hydrogen-bond acceptors (Lipinski definition) is 1. The Kier molecular flexibility index (Phi) is 3.54. The zero-order chi connectivity index (χ0) is 11.6.